The van der Waals surface area contributed by atoms with E-state index in [4.69, 9.17) is 5.73 Å². The van der Waals surface area contributed by atoms with Crippen LogP contribution in [0.25, 0.3) is 0 Å². The number of amides is 2. The minimum Gasteiger partial charge on any atom is -0.469 e. The predicted octanol–water partition coefficient (Wildman–Crippen LogP) is 1.08. The molecule has 1 aromatic carbocycles. The number of hydrogen-bond acceptors (Lipinski definition) is 7. The standard InChI is InChI=1S/C19H17FN4O4S/c1-23-17(26)15-14(9-3-5-10(20)6-4-9)11(8-21)16(22)24-18(27)12(29-19(15)24)7-13(25)28-2/h3-6,12,14H,7,22H2,1-2H3,(H,23,26)/t12-,14-/m0/s1. The van der Waals surface area contributed by atoms with Crippen molar-refractivity contribution in [3.63, 3.8) is 0 Å². The number of likely N-dealkylation sites (N-methyl/N-ethyl adjacent to an activating group) is 1. The second-order valence-electron chi connectivity index (χ2n) is 6.25. The Balaban J connectivity index is 2.20. The van der Waals surface area contributed by atoms with E-state index in [9.17, 15) is 24.0 Å². The second-order valence-corrected chi connectivity index (χ2v) is 7.45. The van der Waals surface area contributed by atoms with Gasteiger partial charge in [0.1, 0.15) is 16.9 Å². The highest BCUT2D eigenvalue weighted by atomic mass is 32.2. The first-order valence-electron chi connectivity index (χ1n) is 8.52. The second kappa shape index (κ2) is 7.97. The minimum absolute atomic E-state index is 0.00775. The van der Waals surface area contributed by atoms with E-state index in [1.54, 1.807) is 0 Å². The summed E-state index contributed by atoms with van der Waals surface area (Å²) in [6.07, 6.45) is -0.211. The van der Waals surface area contributed by atoms with Crippen LogP contribution >= 0.6 is 11.8 Å². The Bertz CT molecular complexity index is 996. The third-order valence-corrected chi connectivity index (χ3v) is 5.93. The molecule has 1 aromatic rings. The number of nitriles is 1. The highest BCUT2D eigenvalue weighted by molar-refractivity contribution is 8.04. The van der Waals surface area contributed by atoms with Crippen LogP contribution in [0.2, 0.25) is 0 Å². The molecule has 2 atom stereocenters. The van der Waals surface area contributed by atoms with E-state index < -0.39 is 34.8 Å². The lowest BCUT2D eigenvalue weighted by Crippen LogP contribution is -2.39. The van der Waals surface area contributed by atoms with E-state index in [0.29, 0.717) is 5.56 Å². The molecule has 0 unspecified atom stereocenters. The molecule has 10 heteroatoms. The Kier molecular flexibility index (Phi) is 5.61. The molecule has 3 N–H and O–H groups in total. The van der Waals surface area contributed by atoms with Crippen LogP contribution in [0.4, 0.5) is 4.39 Å². The number of allylic oxidation sites excluding steroid dienone is 1. The summed E-state index contributed by atoms with van der Waals surface area (Å²) in [6.45, 7) is 0. The first kappa shape index (κ1) is 20.4. The molecule has 1 saturated heterocycles. The van der Waals surface area contributed by atoms with Gasteiger partial charge in [-0.25, -0.2) is 4.39 Å². The molecule has 1 fully saturated rings. The molecule has 2 heterocycles. The zero-order valence-corrected chi connectivity index (χ0v) is 16.4. The Morgan fingerprint density at radius 1 is 1.38 bits per heavy atom. The van der Waals surface area contributed by atoms with Crippen molar-refractivity contribution >= 4 is 29.5 Å². The summed E-state index contributed by atoms with van der Waals surface area (Å²) in [5.74, 6) is -3.09. The fourth-order valence-corrected chi connectivity index (χ4v) is 4.59. The Hall–Kier alpha value is -3.32. The number of fused-ring (bicyclic) bond motifs is 1. The zero-order chi connectivity index (χ0) is 21.3. The zero-order valence-electron chi connectivity index (χ0n) is 15.6. The molecule has 2 aliphatic rings. The summed E-state index contributed by atoms with van der Waals surface area (Å²) in [5, 5.41) is 11.7. The van der Waals surface area contributed by atoms with Gasteiger partial charge in [0.05, 0.1) is 41.7 Å². The molecule has 0 radical (unpaired) electrons. The lowest BCUT2D eigenvalue weighted by atomic mass is 9.82. The largest absolute Gasteiger partial charge is 0.469 e. The first-order chi connectivity index (χ1) is 13.8. The van der Waals surface area contributed by atoms with Crippen molar-refractivity contribution in [3.8, 4) is 6.07 Å². The van der Waals surface area contributed by atoms with Crippen LogP contribution in [0.15, 0.2) is 46.3 Å². The number of hydrogen-bond donors (Lipinski definition) is 2. The van der Waals surface area contributed by atoms with Crippen LogP contribution in [-0.2, 0) is 19.1 Å². The summed E-state index contributed by atoms with van der Waals surface area (Å²) in [6, 6.07) is 7.32. The van der Waals surface area contributed by atoms with Gasteiger partial charge in [0.25, 0.3) is 5.91 Å². The van der Waals surface area contributed by atoms with Crippen LogP contribution < -0.4 is 11.1 Å². The first-order valence-corrected chi connectivity index (χ1v) is 9.40. The van der Waals surface area contributed by atoms with E-state index in [1.165, 1.54) is 38.4 Å². The van der Waals surface area contributed by atoms with E-state index in [2.05, 4.69) is 10.1 Å². The number of nitrogens with one attached hydrogen (secondary N) is 1. The molecular formula is C19H17FN4O4S. The summed E-state index contributed by atoms with van der Waals surface area (Å²) in [7, 11) is 2.63. The Labute approximate surface area is 170 Å². The molecule has 0 saturated carbocycles. The number of ether oxygens (including phenoxy) is 1. The molecule has 150 valence electrons. The average molecular weight is 416 g/mol. The van der Waals surface area contributed by atoms with Crippen molar-refractivity contribution in [2.45, 2.75) is 17.6 Å². The molecule has 29 heavy (non-hydrogen) atoms. The number of methoxy groups -OCH3 is 1. The summed E-state index contributed by atoms with van der Waals surface area (Å²) in [5.41, 5.74) is 6.75. The van der Waals surface area contributed by atoms with Crippen molar-refractivity contribution in [1.82, 2.24) is 10.2 Å². The van der Waals surface area contributed by atoms with E-state index >= 15 is 0 Å². The third kappa shape index (κ3) is 3.45. The maximum Gasteiger partial charge on any atom is 0.307 e. The number of carbonyl (C=O) groups is 3. The molecule has 2 amide bonds. The third-order valence-electron chi connectivity index (χ3n) is 4.65. The summed E-state index contributed by atoms with van der Waals surface area (Å²) in [4.78, 5) is 38.4. The van der Waals surface area contributed by atoms with Crippen molar-refractivity contribution in [1.29, 1.82) is 5.26 Å². The normalized spacial score (nSPS) is 21.0. The smallest absolute Gasteiger partial charge is 0.307 e. The number of nitrogens with zero attached hydrogens (tertiary/aromatic N) is 2. The van der Waals surface area contributed by atoms with Crippen molar-refractivity contribution in [2.24, 2.45) is 5.73 Å². The number of halogens is 1. The van der Waals surface area contributed by atoms with E-state index in [1.807, 2.05) is 6.07 Å². The maximum absolute atomic E-state index is 13.4. The monoisotopic (exact) mass is 416 g/mol. The fraction of sp³-hybridized carbons (Fsp3) is 0.263. The van der Waals surface area contributed by atoms with Crippen LogP contribution in [0.5, 0.6) is 0 Å². The minimum atomic E-state index is -0.885. The van der Waals surface area contributed by atoms with Crippen molar-refractivity contribution in [2.75, 3.05) is 14.2 Å². The van der Waals surface area contributed by atoms with Gasteiger partial charge in [-0.2, -0.15) is 5.26 Å². The van der Waals surface area contributed by atoms with Gasteiger partial charge >= 0.3 is 5.97 Å². The van der Waals surface area contributed by atoms with Crippen LogP contribution in [-0.4, -0.2) is 42.1 Å². The van der Waals surface area contributed by atoms with Gasteiger partial charge in [-0.3, -0.25) is 19.3 Å². The molecular weight excluding hydrogens is 399 g/mol. The predicted molar refractivity (Wildman–Crippen MR) is 102 cm³/mol. The van der Waals surface area contributed by atoms with Gasteiger partial charge in [0.15, 0.2) is 0 Å². The van der Waals surface area contributed by atoms with E-state index in [0.717, 1.165) is 16.7 Å². The van der Waals surface area contributed by atoms with E-state index in [-0.39, 0.29) is 28.4 Å². The van der Waals surface area contributed by atoms with Crippen LogP contribution in [0, 0.1) is 17.1 Å². The Morgan fingerprint density at radius 2 is 2.03 bits per heavy atom. The highest BCUT2D eigenvalue weighted by Crippen LogP contribution is 2.49. The van der Waals surface area contributed by atoms with Gasteiger partial charge < -0.3 is 15.8 Å². The quantitative estimate of drug-likeness (QED) is 0.704. The van der Waals surface area contributed by atoms with Gasteiger partial charge in [-0.15, -0.1) is 0 Å². The molecule has 8 nitrogen and oxygen atoms in total. The average Bonchev–Trinajstić information content (AvgIpc) is 3.03. The number of esters is 1. The highest BCUT2D eigenvalue weighted by Gasteiger charge is 2.48. The van der Waals surface area contributed by atoms with Gasteiger partial charge in [-0.1, -0.05) is 23.9 Å². The van der Waals surface area contributed by atoms with Crippen molar-refractivity contribution < 1.29 is 23.5 Å². The Morgan fingerprint density at radius 3 is 2.59 bits per heavy atom. The molecule has 0 aliphatic carbocycles. The van der Waals surface area contributed by atoms with Crippen molar-refractivity contribution in [3.05, 3.63) is 57.6 Å². The molecule has 0 aromatic heterocycles. The lowest BCUT2D eigenvalue weighted by molar-refractivity contribution is -0.142. The number of rotatable bonds is 4. The summed E-state index contributed by atoms with van der Waals surface area (Å²) < 4.78 is 18.0. The summed E-state index contributed by atoms with van der Waals surface area (Å²) >= 11 is 1.01. The van der Waals surface area contributed by atoms with Gasteiger partial charge in [-0.05, 0) is 17.7 Å². The number of carbonyl (C=O) groups excluding carboxylic acids is 3. The van der Waals surface area contributed by atoms with Gasteiger partial charge in [0, 0.05) is 7.05 Å². The number of benzene rings is 1. The SMILES string of the molecule is CNC(=O)C1=C2S[C@@H](CC(=O)OC)C(=O)N2C(N)=C(C#N)[C@@H]1c1ccc(F)cc1. The molecule has 3 rings (SSSR count). The van der Waals surface area contributed by atoms with Crippen LogP contribution in [0.3, 0.4) is 0 Å². The molecule has 2 aliphatic heterocycles. The number of nitrogens with two attached hydrogens (primary N) is 1. The van der Waals surface area contributed by atoms with Gasteiger partial charge in [0.2, 0.25) is 5.91 Å². The van der Waals surface area contributed by atoms with Crippen LogP contribution in [0.1, 0.15) is 17.9 Å². The lowest BCUT2D eigenvalue weighted by Gasteiger charge is -2.31. The topological polar surface area (TPSA) is 126 Å². The fourth-order valence-electron chi connectivity index (χ4n) is 3.27. The molecule has 0 spiro atoms. The number of thioether (sulfide) groups is 1. The maximum atomic E-state index is 13.4. The molecule has 0 bridgehead atoms.